The first-order valence-corrected chi connectivity index (χ1v) is 12.0. The lowest BCUT2D eigenvalue weighted by Crippen LogP contribution is -2.10. The van der Waals surface area contributed by atoms with Crippen LogP contribution >= 0.6 is 0 Å². The first-order valence-electron chi connectivity index (χ1n) is 12.0. The van der Waals surface area contributed by atoms with E-state index in [0.717, 1.165) is 28.1 Å². The Kier molecular flexibility index (Phi) is 6.33. The summed E-state index contributed by atoms with van der Waals surface area (Å²) in [7, 11) is 4.67. The van der Waals surface area contributed by atoms with Gasteiger partial charge < -0.3 is 34.3 Å². The molecule has 0 spiro atoms. The van der Waals surface area contributed by atoms with Crippen LogP contribution in [-0.2, 0) is 6.54 Å². The van der Waals surface area contributed by atoms with Gasteiger partial charge in [0.15, 0.2) is 23.0 Å². The van der Waals surface area contributed by atoms with E-state index < -0.39 is 0 Å². The smallest absolute Gasteiger partial charge is 0.241 e. The fourth-order valence-corrected chi connectivity index (χ4v) is 4.32. The van der Waals surface area contributed by atoms with Gasteiger partial charge in [0, 0.05) is 24.4 Å². The molecule has 2 N–H and O–H groups in total. The normalized spacial score (nSPS) is 11.9. The molecule has 5 aromatic rings. The zero-order chi connectivity index (χ0) is 26.8. The Bertz CT molecular complexity index is 1630. The van der Waals surface area contributed by atoms with E-state index >= 15 is 0 Å². The number of ether oxygens (including phenoxy) is 5. The van der Waals surface area contributed by atoms with E-state index in [2.05, 4.69) is 25.6 Å². The molecule has 0 radical (unpaired) electrons. The van der Waals surface area contributed by atoms with Crippen molar-refractivity contribution in [2.75, 3.05) is 38.8 Å². The summed E-state index contributed by atoms with van der Waals surface area (Å²) < 4.78 is 29.1. The Hall–Kier alpha value is -5.26. The maximum atomic E-state index is 5.51. The Balaban J connectivity index is 1.32. The number of benzene rings is 3. The van der Waals surface area contributed by atoms with Crippen LogP contribution in [-0.4, -0.2) is 52.6 Å². The molecule has 1 aliphatic heterocycles. The molecule has 0 unspecified atom stereocenters. The molecule has 3 aromatic carbocycles. The summed E-state index contributed by atoms with van der Waals surface area (Å²) in [5.41, 5.74) is 3.30. The number of hydrogen-bond acceptors (Lipinski definition) is 11. The van der Waals surface area contributed by atoms with Crippen LogP contribution in [0, 0.1) is 0 Å². The quantitative estimate of drug-likeness (QED) is 0.284. The van der Waals surface area contributed by atoms with Crippen molar-refractivity contribution < 1.29 is 23.7 Å². The van der Waals surface area contributed by atoms with Crippen LogP contribution in [0.5, 0.6) is 28.7 Å². The Morgan fingerprint density at radius 1 is 0.872 bits per heavy atom. The molecule has 0 saturated carbocycles. The minimum absolute atomic E-state index is 0.230. The maximum absolute atomic E-state index is 5.51. The molecule has 0 fully saturated rings. The Morgan fingerprint density at radius 3 is 2.46 bits per heavy atom. The SMILES string of the molecule is COc1cc(Nc2ncnc(-n3c(NCc4ccc5c(c4)OCO5)nc4ccccc43)n2)cc(OC)c1OC. The van der Waals surface area contributed by atoms with Gasteiger partial charge in [-0.3, -0.25) is 0 Å². The van der Waals surface area contributed by atoms with Crippen molar-refractivity contribution in [2.24, 2.45) is 0 Å². The molecular weight excluding hydrogens is 502 g/mol. The van der Waals surface area contributed by atoms with E-state index in [-0.39, 0.29) is 6.79 Å². The number of methoxy groups -OCH3 is 3. The van der Waals surface area contributed by atoms with Crippen LogP contribution in [0.4, 0.5) is 17.6 Å². The van der Waals surface area contributed by atoms with Crippen molar-refractivity contribution >= 4 is 28.6 Å². The second-order valence-corrected chi connectivity index (χ2v) is 8.45. The van der Waals surface area contributed by atoms with Crippen molar-refractivity contribution in [3.63, 3.8) is 0 Å². The summed E-state index contributed by atoms with van der Waals surface area (Å²) in [6.45, 7) is 0.732. The third kappa shape index (κ3) is 4.63. The number of fused-ring (bicyclic) bond motifs is 2. The second kappa shape index (κ2) is 10.2. The molecule has 1 aliphatic rings. The molecule has 0 aliphatic carbocycles. The first kappa shape index (κ1) is 24.1. The van der Waals surface area contributed by atoms with E-state index in [9.17, 15) is 0 Å². The zero-order valence-corrected chi connectivity index (χ0v) is 21.5. The number of nitrogens with one attached hydrogen (secondary N) is 2. The van der Waals surface area contributed by atoms with Crippen molar-refractivity contribution in [2.45, 2.75) is 6.54 Å². The minimum atomic E-state index is 0.230. The molecule has 12 heteroatoms. The molecule has 6 rings (SSSR count). The number of hydrogen-bond donors (Lipinski definition) is 2. The van der Waals surface area contributed by atoms with Crippen molar-refractivity contribution in [1.29, 1.82) is 0 Å². The molecule has 0 bridgehead atoms. The number of imidazole rings is 1. The molecule has 2 aromatic heterocycles. The average molecular weight is 528 g/mol. The van der Waals surface area contributed by atoms with Gasteiger partial charge in [-0.25, -0.2) is 19.5 Å². The number of anilines is 3. The summed E-state index contributed by atoms with van der Waals surface area (Å²) in [5.74, 6) is 4.26. The lowest BCUT2D eigenvalue weighted by atomic mass is 10.2. The third-order valence-corrected chi connectivity index (χ3v) is 6.13. The molecule has 0 amide bonds. The van der Waals surface area contributed by atoms with Gasteiger partial charge in [-0.05, 0) is 29.8 Å². The summed E-state index contributed by atoms with van der Waals surface area (Å²) in [4.78, 5) is 18.2. The van der Waals surface area contributed by atoms with Crippen LogP contribution in [0.2, 0.25) is 0 Å². The lowest BCUT2D eigenvalue weighted by Gasteiger charge is -2.15. The Morgan fingerprint density at radius 2 is 1.67 bits per heavy atom. The van der Waals surface area contributed by atoms with Gasteiger partial charge in [0.05, 0.1) is 32.4 Å². The number of rotatable bonds is 9. The average Bonchev–Trinajstić information content (AvgIpc) is 3.59. The topological polar surface area (TPSA) is 127 Å². The predicted molar refractivity (Wildman–Crippen MR) is 144 cm³/mol. The summed E-state index contributed by atoms with van der Waals surface area (Å²) in [6, 6.07) is 17.2. The molecule has 39 heavy (non-hydrogen) atoms. The number of para-hydroxylation sites is 2. The standard InChI is InChI=1S/C27H25N7O5/c1-35-22-11-17(12-23(36-2)24(22)37-3)31-25-29-14-30-27(33-25)34-19-7-5-4-6-18(19)32-26(34)28-13-16-8-9-20-21(10-16)39-15-38-20/h4-12,14H,13,15H2,1-3H3,(H,28,32)(H,29,30,31,33). The number of aromatic nitrogens is 5. The van der Waals surface area contributed by atoms with Crippen molar-refractivity contribution in [3.05, 3.63) is 66.5 Å². The lowest BCUT2D eigenvalue weighted by molar-refractivity contribution is 0.174. The highest BCUT2D eigenvalue weighted by Gasteiger charge is 2.18. The monoisotopic (exact) mass is 527 g/mol. The minimum Gasteiger partial charge on any atom is -0.493 e. The maximum Gasteiger partial charge on any atom is 0.241 e. The third-order valence-electron chi connectivity index (χ3n) is 6.13. The van der Waals surface area contributed by atoms with Crippen molar-refractivity contribution in [1.82, 2.24) is 24.5 Å². The highest BCUT2D eigenvalue weighted by atomic mass is 16.7. The molecule has 12 nitrogen and oxygen atoms in total. The van der Waals surface area contributed by atoms with Crippen LogP contribution < -0.4 is 34.3 Å². The highest BCUT2D eigenvalue weighted by Crippen LogP contribution is 2.40. The van der Waals surface area contributed by atoms with Gasteiger partial charge in [-0.2, -0.15) is 4.98 Å². The van der Waals surface area contributed by atoms with Gasteiger partial charge >= 0.3 is 0 Å². The second-order valence-electron chi connectivity index (χ2n) is 8.45. The van der Waals surface area contributed by atoms with Gasteiger partial charge in [0.25, 0.3) is 0 Å². The van der Waals surface area contributed by atoms with Crippen molar-refractivity contribution in [3.8, 4) is 34.7 Å². The summed E-state index contributed by atoms with van der Waals surface area (Å²) in [5, 5.41) is 6.61. The molecule has 0 saturated heterocycles. The molecular formula is C27H25N7O5. The largest absolute Gasteiger partial charge is 0.493 e. The van der Waals surface area contributed by atoms with Crippen LogP contribution in [0.3, 0.4) is 0 Å². The molecule has 0 atom stereocenters. The van der Waals surface area contributed by atoms with E-state index in [1.807, 2.05) is 47.0 Å². The van der Waals surface area contributed by atoms with Crippen LogP contribution in [0.15, 0.2) is 60.9 Å². The fourth-order valence-electron chi connectivity index (χ4n) is 4.32. The summed E-state index contributed by atoms with van der Waals surface area (Å²) >= 11 is 0. The van der Waals surface area contributed by atoms with E-state index in [4.69, 9.17) is 28.7 Å². The zero-order valence-electron chi connectivity index (χ0n) is 21.5. The van der Waals surface area contributed by atoms with Crippen LogP contribution in [0.25, 0.3) is 17.0 Å². The van der Waals surface area contributed by atoms with Gasteiger partial charge in [-0.15, -0.1) is 0 Å². The van der Waals surface area contributed by atoms with Gasteiger partial charge in [0.2, 0.25) is 30.4 Å². The van der Waals surface area contributed by atoms with E-state index in [0.29, 0.717) is 47.3 Å². The Labute approximate surface area is 223 Å². The highest BCUT2D eigenvalue weighted by molar-refractivity contribution is 5.80. The first-order chi connectivity index (χ1) is 19.2. The summed E-state index contributed by atoms with van der Waals surface area (Å²) in [6.07, 6.45) is 1.44. The van der Waals surface area contributed by atoms with Gasteiger partial charge in [0.1, 0.15) is 6.33 Å². The van der Waals surface area contributed by atoms with E-state index in [1.54, 1.807) is 33.5 Å². The van der Waals surface area contributed by atoms with E-state index in [1.165, 1.54) is 6.33 Å². The van der Waals surface area contributed by atoms with Gasteiger partial charge in [-0.1, -0.05) is 18.2 Å². The van der Waals surface area contributed by atoms with Crippen LogP contribution in [0.1, 0.15) is 5.56 Å². The number of nitrogens with zero attached hydrogens (tertiary/aromatic N) is 5. The molecule has 3 heterocycles. The predicted octanol–water partition coefficient (Wildman–Crippen LogP) is 4.32. The molecule has 198 valence electrons. The fraction of sp³-hybridized carbons (Fsp3) is 0.185.